The summed E-state index contributed by atoms with van der Waals surface area (Å²) in [5.41, 5.74) is 3.28. The third-order valence-electron chi connectivity index (χ3n) is 9.01. The van der Waals surface area contributed by atoms with Gasteiger partial charge in [-0.3, -0.25) is 13.9 Å². The number of amides is 2. The van der Waals surface area contributed by atoms with Gasteiger partial charge >= 0.3 is 0 Å². The van der Waals surface area contributed by atoms with Crippen molar-refractivity contribution >= 4 is 27.5 Å². The van der Waals surface area contributed by atoms with E-state index in [9.17, 15) is 18.0 Å². The number of rotatable bonds is 13. The van der Waals surface area contributed by atoms with Gasteiger partial charge in [-0.1, -0.05) is 105 Å². The summed E-state index contributed by atoms with van der Waals surface area (Å²) in [6.07, 6.45) is 3.88. The zero-order chi connectivity index (χ0) is 34.3. The number of halogens is 1. The molecular formula is C39H44FN3O4S. The minimum absolute atomic E-state index is 0.0147. The van der Waals surface area contributed by atoms with E-state index < -0.39 is 34.3 Å². The molecule has 0 aliphatic heterocycles. The maximum Gasteiger partial charge on any atom is 0.264 e. The lowest BCUT2D eigenvalue weighted by atomic mass is 10.0. The van der Waals surface area contributed by atoms with E-state index in [1.54, 1.807) is 42.5 Å². The molecule has 7 nitrogen and oxygen atoms in total. The van der Waals surface area contributed by atoms with Crippen molar-refractivity contribution in [3.8, 4) is 0 Å². The summed E-state index contributed by atoms with van der Waals surface area (Å²) in [4.78, 5) is 30.1. The first-order valence-electron chi connectivity index (χ1n) is 16.6. The van der Waals surface area contributed by atoms with Crippen molar-refractivity contribution in [3.63, 3.8) is 0 Å². The number of carbonyl (C=O) groups is 2. The number of benzene rings is 4. The molecule has 0 unspecified atom stereocenters. The molecule has 5 rings (SSSR count). The van der Waals surface area contributed by atoms with Gasteiger partial charge in [-0.15, -0.1) is 0 Å². The van der Waals surface area contributed by atoms with Crippen LogP contribution in [0.1, 0.15) is 67.7 Å². The van der Waals surface area contributed by atoms with Gasteiger partial charge < -0.3 is 10.2 Å². The first kappa shape index (κ1) is 34.8. The van der Waals surface area contributed by atoms with Crippen LogP contribution in [0.5, 0.6) is 0 Å². The molecule has 4 aromatic rings. The van der Waals surface area contributed by atoms with Crippen LogP contribution in [0.15, 0.2) is 108 Å². The quantitative estimate of drug-likeness (QED) is 0.164. The average molecular weight is 670 g/mol. The molecule has 9 heteroatoms. The minimum atomic E-state index is -4.23. The topological polar surface area (TPSA) is 86.8 Å². The van der Waals surface area contributed by atoms with Gasteiger partial charge in [-0.2, -0.15) is 0 Å². The molecule has 1 aliphatic rings. The second-order valence-corrected chi connectivity index (χ2v) is 14.7. The van der Waals surface area contributed by atoms with Gasteiger partial charge in [-0.25, -0.2) is 12.8 Å². The predicted molar refractivity (Wildman–Crippen MR) is 188 cm³/mol. The highest BCUT2D eigenvalue weighted by atomic mass is 32.2. The molecule has 0 bridgehead atoms. The van der Waals surface area contributed by atoms with Gasteiger partial charge in [0.2, 0.25) is 11.8 Å². The Morgan fingerprint density at radius 1 is 0.854 bits per heavy atom. The third-order valence-corrected chi connectivity index (χ3v) is 10.8. The van der Waals surface area contributed by atoms with Crippen LogP contribution in [-0.2, 0) is 32.6 Å². The van der Waals surface area contributed by atoms with Crippen molar-refractivity contribution in [1.29, 1.82) is 0 Å². The van der Waals surface area contributed by atoms with E-state index in [1.807, 2.05) is 63.2 Å². The number of hydrogen-bond donors (Lipinski definition) is 1. The molecule has 1 aliphatic carbocycles. The maximum absolute atomic E-state index is 15.2. The number of nitrogens with zero attached hydrogens (tertiary/aromatic N) is 2. The summed E-state index contributed by atoms with van der Waals surface area (Å²) in [5.74, 6) is -1.26. The van der Waals surface area contributed by atoms with Crippen LogP contribution in [0.4, 0.5) is 10.1 Å². The molecule has 1 atom stereocenters. The van der Waals surface area contributed by atoms with Crippen molar-refractivity contribution in [2.45, 2.75) is 82.3 Å². The summed E-state index contributed by atoms with van der Waals surface area (Å²) in [6.45, 7) is 5.15. The Labute approximate surface area is 283 Å². The molecule has 4 aromatic carbocycles. The number of anilines is 1. The van der Waals surface area contributed by atoms with Crippen molar-refractivity contribution in [2.24, 2.45) is 0 Å². The van der Waals surface area contributed by atoms with E-state index in [0.717, 1.165) is 46.7 Å². The fourth-order valence-corrected chi connectivity index (χ4v) is 7.54. The fraction of sp³-hybridized carbons (Fsp3) is 0.333. The third kappa shape index (κ3) is 8.50. The van der Waals surface area contributed by atoms with E-state index in [4.69, 9.17) is 0 Å². The molecule has 0 heterocycles. The lowest BCUT2D eigenvalue weighted by Gasteiger charge is -2.34. The fourth-order valence-electron chi connectivity index (χ4n) is 6.12. The second-order valence-electron chi connectivity index (χ2n) is 12.9. The molecule has 0 radical (unpaired) electrons. The summed E-state index contributed by atoms with van der Waals surface area (Å²) in [7, 11) is -4.23. The molecule has 1 fully saturated rings. The van der Waals surface area contributed by atoms with Crippen molar-refractivity contribution in [1.82, 2.24) is 10.2 Å². The Morgan fingerprint density at radius 2 is 1.48 bits per heavy atom. The lowest BCUT2D eigenvalue weighted by Crippen LogP contribution is -2.54. The van der Waals surface area contributed by atoms with Crippen LogP contribution < -0.4 is 9.62 Å². The van der Waals surface area contributed by atoms with Gasteiger partial charge in [0.05, 0.1) is 10.6 Å². The van der Waals surface area contributed by atoms with Gasteiger partial charge in [0.15, 0.2) is 0 Å². The Balaban J connectivity index is 1.58. The van der Waals surface area contributed by atoms with E-state index in [-0.39, 0.29) is 41.3 Å². The monoisotopic (exact) mass is 669 g/mol. The first-order chi connectivity index (χ1) is 23.0. The maximum atomic E-state index is 15.2. The zero-order valence-corrected chi connectivity index (χ0v) is 28.6. The van der Waals surface area contributed by atoms with Crippen molar-refractivity contribution < 1.29 is 22.4 Å². The van der Waals surface area contributed by atoms with E-state index in [1.165, 1.54) is 23.1 Å². The highest BCUT2D eigenvalue weighted by Gasteiger charge is 2.36. The van der Waals surface area contributed by atoms with Crippen molar-refractivity contribution in [3.05, 3.63) is 131 Å². The van der Waals surface area contributed by atoms with Crippen LogP contribution >= 0.6 is 0 Å². The van der Waals surface area contributed by atoms with Gasteiger partial charge in [0, 0.05) is 24.6 Å². The first-order valence-corrected chi connectivity index (χ1v) is 18.0. The Bertz CT molecular complexity index is 1790. The standard InChI is InChI=1S/C39H44FN3O4S/c1-28(2)31-19-21-34(22-20-31)43(48(46,47)35-23-17-29(3)18-24-35)27-38(44)42(26-32-13-7-10-16-36(32)40)37(25-30-11-5-4-6-12-30)39(45)41-33-14-8-9-15-33/h4-7,10-13,16-24,28,33,37H,8-9,14-15,25-27H2,1-3H3,(H,41,45)/t37-/m1/s1. The summed E-state index contributed by atoms with van der Waals surface area (Å²) < 4.78 is 44.8. The van der Waals surface area contributed by atoms with Crippen LogP contribution in [0.2, 0.25) is 0 Å². The number of aryl methyl sites for hydroxylation is 1. The van der Waals surface area contributed by atoms with Gasteiger partial charge in [0.25, 0.3) is 10.0 Å². The van der Waals surface area contributed by atoms with Crippen molar-refractivity contribution in [2.75, 3.05) is 10.8 Å². The van der Waals surface area contributed by atoms with E-state index in [2.05, 4.69) is 5.32 Å². The van der Waals surface area contributed by atoms with Gasteiger partial charge in [-0.05, 0) is 67.1 Å². The summed E-state index contributed by atoms with van der Waals surface area (Å²) in [5, 5.41) is 3.14. The number of sulfonamides is 1. The molecule has 1 N–H and O–H groups in total. The molecule has 2 amide bonds. The molecule has 0 saturated heterocycles. The van der Waals surface area contributed by atoms with Gasteiger partial charge in [0.1, 0.15) is 18.4 Å². The highest BCUT2D eigenvalue weighted by molar-refractivity contribution is 7.92. The minimum Gasteiger partial charge on any atom is -0.352 e. The number of nitrogens with one attached hydrogen (secondary N) is 1. The summed E-state index contributed by atoms with van der Waals surface area (Å²) in [6, 6.07) is 28.0. The molecule has 0 aromatic heterocycles. The Morgan fingerprint density at radius 3 is 2.10 bits per heavy atom. The zero-order valence-electron chi connectivity index (χ0n) is 27.8. The van der Waals surface area contributed by atoms with E-state index >= 15 is 4.39 Å². The largest absolute Gasteiger partial charge is 0.352 e. The number of hydrogen-bond acceptors (Lipinski definition) is 4. The SMILES string of the molecule is Cc1ccc(S(=O)(=O)N(CC(=O)N(Cc2ccccc2F)[C@H](Cc2ccccc2)C(=O)NC2CCCC2)c2ccc(C(C)C)cc2)cc1. The highest BCUT2D eigenvalue weighted by Crippen LogP contribution is 2.28. The second kappa shape index (κ2) is 15.6. The molecule has 48 heavy (non-hydrogen) atoms. The Hall–Kier alpha value is -4.50. The number of carbonyl (C=O) groups excluding carboxylic acids is 2. The van der Waals surface area contributed by atoms with Crippen LogP contribution in [0.3, 0.4) is 0 Å². The molecule has 252 valence electrons. The van der Waals surface area contributed by atoms with Crippen LogP contribution in [0, 0.1) is 12.7 Å². The van der Waals surface area contributed by atoms with E-state index in [0.29, 0.717) is 5.69 Å². The smallest absolute Gasteiger partial charge is 0.264 e. The molecule has 1 saturated carbocycles. The lowest BCUT2D eigenvalue weighted by molar-refractivity contribution is -0.140. The molecular weight excluding hydrogens is 626 g/mol. The van der Waals surface area contributed by atoms with Crippen LogP contribution in [0.25, 0.3) is 0 Å². The normalized spacial score (nSPS) is 14.1. The predicted octanol–water partition coefficient (Wildman–Crippen LogP) is 7.15. The average Bonchev–Trinajstić information content (AvgIpc) is 3.59. The van der Waals surface area contributed by atoms with Crippen LogP contribution in [-0.4, -0.2) is 43.8 Å². The summed E-state index contributed by atoms with van der Waals surface area (Å²) >= 11 is 0. The Kier molecular flexibility index (Phi) is 11.3. The molecule has 0 spiro atoms.